The summed E-state index contributed by atoms with van der Waals surface area (Å²) in [5.74, 6) is -0.231. The van der Waals surface area contributed by atoms with Gasteiger partial charge in [-0.25, -0.2) is 0 Å². The van der Waals surface area contributed by atoms with Crippen LogP contribution in [0.4, 0.5) is 4.79 Å². The van der Waals surface area contributed by atoms with Crippen molar-refractivity contribution >= 4 is 44.9 Å². The van der Waals surface area contributed by atoms with E-state index in [9.17, 15) is 9.59 Å². The monoisotopic (exact) mass is 404 g/mol. The summed E-state index contributed by atoms with van der Waals surface area (Å²) >= 11 is 4.37. The second kappa shape index (κ2) is 6.99. The summed E-state index contributed by atoms with van der Waals surface area (Å²) < 4.78 is 3.03. The van der Waals surface area contributed by atoms with Crippen molar-refractivity contribution in [3.05, 3.63) is 63.2 Å². The number of carbonyl (C=O) groups excluding carboxylic acids is 2. The summed E-state index contributed by atoms with van der Waals surface area (Å²) in [6.07, 6.45) is 5.74. The van der Waals surface area contributed by atoms with Gasteiger partial charge < -0.3 is 4.57 Å². The third-order valence-electron chi connectivity index (χ3n) is 3.76. The van der Waals surface area contributed by atoms with Crippen LogP contribution in [-0.2, 0) is 11.3 Å². The molecule has 1 aromatic carbocycles. The Kier molecular flexibility index (Phi) is 4.96. The molecule has 0 spiro atoms. The topological polar surface area (TPSA) is 42.3 Å². The number of thioether (sulfide) groups is 1. The fraction of sp³-hybridized carbons (Fsp3) is 0.222. The van der Waals surface area contributed by atoms with Gasteiger partial charge in [0.15, 0.2) is 0 Å². The zero-order chi connectivity index (χ0) is 17.3. The normalized spacial score (nSPS) is 16.7. The number of hydrogen-bond acceptors (Lipinski definition) is 3. The smallest absolute Gasteiger partial charge is 0.293 e. The standard InChI is InChI=1S/C18H17BrN2O2S/c1-12(2)20-8-7-14(10-20)9-16-17(22)21(18(23)24-16)11-13-3-5-15(19)6-4-13/h3-10,12H,11H2,1-2H3/b16-9+. The molecule has 24 heavy (non-hydrogen) atoms. The second-order valence-corrected chi connectivity index (χ2v) is 7.79. The van der Waals surface area contributed by atoms with Crippen molar-refractivity contribution in [3.63, 3.8) is 0 Å². The van der Waals surface area contributed by atoms with E-state index in [-0.39, 0.29) is 11.1 Å². The number of amides is 2. The summed E-state index contributed by atoms with van der Waals surface area (Å²) in [6.45, 7) is 4.48. The summed E-state index contributed by atoms with van der Waals surface area (Å²) in [7, 11) is 0. The summed E-state index contributed by atoms with van der Waals surface area (Å²) in [5.41, 5.74) is 1.85. The minimum Gasteiger partial charge on any atom is -0.351 e. The molecular weight excluding hydrogens is 388 g/mol. The molecule has 2 amide bonds. The third-order valence-corrected chi connectivity index (χ3v) is 5.19. The summed E-state index contributed by atoms with van der Waals surface area (Å²) in [6, 6.07) is 9.92. The Morgan fingerprint density at radius 3 is 2.50 bits per heavy atom. The Morgan fingerprint density at radius 1 is 1.17 bits per heavy atom. The van der Waals surface area contributed by atoms with Crippen LogP contribution in [0, 0.1) is 0 Å². The van der Waals surface area contributed by atoms with Gasteiger partial charge in [-0.15, -0.1) is 0 Å². The van der Waals surface area contributed by atoms with Crippen LogP contribution < -0.4 is 0 Å². The van der Waals surface area contributed by atoms with E-state index in [1.165, 1.54) is 4.90 Å². The number of rotatable bonds is 4. The van der Waals surface area contributed by atoms with Gasteiger partial charge in [-0.3, -0.25) is 14.5 Å². The number of halogens is 1. The van der Waals surface area contributed by atoms with Crippen molar-refractivity contribution in [1.29, 1.82) is 0 Å². The molecule has 2 aromatic rings. The Bertz CT molecular complexity index is 809. The molecule has 6 heteroatoms. The van der Waals surface area contributed by atoms with Crippen LogP contribution in [-0.4, -0.2) is 20.6 Å². The lowest BCUT2D eigenvalue weighted by Gasteiger charge is -2.12. The zero-order valence-corrected chi connectivity index (χ0v) is 15.8. The number of hydrogen-bond donors (Lipinski definition) is 0. The molecular formula is C18H17BrN2O2S. The molecule has 0 aliphatic carbocycles. The molecule has 3 rings (SSSR count). The van der Waals surface area contributed by atoms with Crippen LogP contribution in [0.15, 0.2) is 52.1 Å². The van der Waals surface area contributed by atoms with Crippen LogP contribution in [0.1, 0.15) is 31.0 Å². The van der Waals surface area contributed by atoms with Crippen molar-refractivity contribution in [2.45, 2.75) is 26.4 Å². The Labute approximate surface area is 153 Å². The van der Waals surface area contributed by atoms with Crippen molar-refractivity contribution < 1.29 is 9.59 Å². The molecule has 2 heterocycles. The number of carbonyl (C=O) groups is 2. The first-order chi connectivity index (χ1) is 11.4. The molecule has 1 fully saturated rings. The second-order valence-electron chi connectivity index (χ2n) is 5.88. The van der Waals surface area contributed by atoms with E-state index in [4.69, 9.17) is 0 Å². The van der Waals surface area contributed by atoms with Gasteiger partial charge in [0.2, 0.25) is 0 Å². The quantitative estimate of drug-likeness (QED) is 0.668. The van der Waals surface area contributed by atoms with Gasteiger partial charge in [0.25, 0.3) is 11.1 Å². The Morgan fingerprint density at radius 2 is 1.88 bits per heavy atom. The molecule has 0 radical (unpaired) electrons. The van der Waals surface area contributed by atoms with Crippen molar-refractivity contribution in [2.24, 2.45) is 0 Å². The highest BCUT2D eigenvalue weighted by atomic mass is 79.9. The predicted molar refractivity (Wildman–Crippen MR) is 100 cm³/mol. The van der Waals surface area contributed by atoms with E-state index in [0.29, 0.717) is 17.5 Å². The molecule has 0 saturated carbocycles. The average molecular weight is 405 g/mol. The number of imide groups is 1. The van der Waals surface area contributed by atoms with Gasteiger partial charge in [-0.05, 0) is 61.0 Å². The van der Waals surface area contributed by atoms with Gasteiger partial charge in [0.1, 0.15) is 0 Å². The molecule has 0 unspecified atom stereocenters. The lowest BCUT2D eigenvalue weighted by molar-refractivity contribution is -0.123. The highest BCUT2D eigenvalue weighted by Gasteiger charge is 2.34. The van der Waals surface area contributed by atoms with Gasteiger partial charge >= 0.3 is 0 Å². The van der Waals surface area contributed by atoms with Crippen LogP contribution in [0.2, 0.25) is 0 Å². The first-order valence-corrected chi connectivity index (χ1v) is 9.22. The Hall–Kier alpha value is -1.79. The lowest BCUT2D eigenvalue weighted by Crippen LogP contribution is -2.27. The molecule has 1 aromatic heterocycles. The summed E-state index contributed by atoms with van der Waals surface area (Å²) in [4.78, 5) is 26.5. The highest BCUT2D eigenvalue weighted by molar-refractivity contribution is 9.10. The number of nitrogens with zero attached hydrogens (tertiary/aromatic N) is 2. The maximum absolute atomic E-state index is 12.5. The van der Waals surface area contributed by atoms with Gasteiger partial charge in [-0.2, -0.15) is 0 Å². The van der Waals surface area contributed by atoms with E-state index in [1.807, 2.05) is 42.7 Å². The van der Waals surface area contributed by atoms with Gasteiger partial charge in [0.05, 0.1) is 11.4 Å². The summed E-state index contributed by atoms with van der Waals surface area (Å²) in [5, 5.41) is -0.225. The minimum absolute atomic E-state index is 0.225. The van der Waals surface area contributed by atoms with Crippen LogP contribution in [0.25, 0.3) is 6.08 Å². The molecule has 124 valence electrons. The first kappa shape index (κ1) is 17.0. The first-order valence-electron chi connectivity index (χ1n) is 7.61. The van der Waals surface area contributed by atoms with E-state index in [1.54, 1.807) is 6.08 Å². The van der Waals surface area contributed by atoms with E-state index in [0.717, 1.165) is 27.4 Å². The molecule has 4 nitrogen and oxygen atoms in total. The lowest BCUT2D eigenvalue weighted by atomic mass is 10.2. The van der Waals surface area contributed by atoms with Crippen molar-refractivity contribution in [2.75, 3.05) is 0 Å². The minimum atomic E-state index is -0.231. The highest BCUT2D eigenvalue weighted by Crippen LogP contribution is 2.33. The molecule has 0 atom stereocenters. The van der Waals surface area contributed by atoms with Crippen LogP contribution >= 0.6 is 27.7 Å². The van der Waals surface area contributed by atoms with E-state index in [2.05, 4.69) is 34.3 Å². The van der Waals surface area contributed by atoms with Crippen molar-refractivity contribution in [3.8, 4) is 0 Å². The zero-order valence-electron chi connectivity index (χ0n) is 13.4. The largest absolute Gasteiger partial charge is 0.351 e. The van der Waals surface area contributed by atoms with Gasteiger partial charge in [0, 0.05) is 22.9 Å². The molecule has 1 aliphatic rings. The SMILES string of the molecule is CC(C)n1ccc(/C=C2/SC(=O)N(Cc3ccc(Br)cc3)C2=O)c1. The third kappa shape index (κ3) is 3.65. The fourth-order valence-corrected chi connectivity index (χ4v) is 3.50. The maximum Gasteiger partial charge on any atom is 0.293 e. The Balaban J connectivity index is 1.77. The van der Waals surface area contributed by atoms with Crippen LogP contribution in [0.3, 0.4) is 0 Å². The molecule has 1 aliphatic heterocycles. The van der Waals surface area contributed by atoms with E-state index < -0.39 is 0 Å². The number of benzene rings is 1. The van der Waals surface area contributed by atoms with Crippen molar-refractivity contribution in [1.82, 2.24) is 9.47 Å². The van der Waals surface area contributed by atoms with E-state index >= 15 is 0 Å². The number of aromatic nitrogens is 1. The predicted octanol–water partition coefficient (Wildman–Crippen LogP) is 5.07. The fourth-order valence-electron chi connectivity index (χ4n) is 2.40. The molecule has 0 bridgehead atoms. The van der Waals surface area contributed by atoms with Gasteiger partial charge in [-0.1, -0.05) is 28.1 Å². The maximum atomic E-state index is 12.5. The molecule has 1 saturated heterocycles. The average Bonchev–Trinajstić information content (AvgIpc) is 3.10. The van der Waals surface area contributed by atoms with Crippen LogP contribution in [0.5, 0.6) is 0 Å². The molecule has 0 N–H and O–H groups in total.